The molecular weight excluding hydrogens is 439 g/mol. The van der Waals surface area contributed by atoms with Crippen LogP contribution in [0.5, 0.6) is 0 Å². The molecule has 1 aliphatic heterocycles. The Bertz CT molecular complexity index is 962. The molecule has 1 aliphatic rings. The molecule has 0 spiro atoms. The molecule has 3 unspecified atom stereocenters. The van der Waals surface area contributed by atoms with Crippen molar-refractivity contribution in [3.8, 4) is 9.88 Å². The lowest BCUT2D eigenvalue weighted by Gasteiger charge is -2.32. The normalized spacial score (nSPS) is 22.5. The molecule has 9 heteroatoms. The molecule has 5 nitrogen and oxygen atoms in total. The maximum Gasteiger partial charge on any atom is 0.159 e. The van der Waals surface area contributed by atoms with Crippen LogP contribution in [-0.4, -0.2) is 39.2 Å². The summed E-state index contributed by atoms with van der Waals surface area (Å²) in [5, 5.41) is 32.9. The number of ether oxygens (including phenoxy) is 1. The predicted octanol–water partition coefficient (Wildman–Crippen LogP) is 4.74. The third-order valence-electron chi connectivity index (χ3n) is 4.64. The molecule has 28 heavy (non-hydrogen) atoms. The van der Waals surface area contributed by atoms with Gasteiger partial charge in [-0.05, 0) is 28.6 Å². The Labute approximate surface area is 180 Å². The Morgan fingerprint density at radius 3 is 2.75 bits per heavy atom. The van der Waals surface area contributed by atoms with E-state index >= 15 is 0 Å². The van der Waals surface area contributed by atoms with Crippen LogP contribution in [0.1, 0.15) is 35.1 Å². The summed E-state index contributed by atoms with van der Waals surface area (Å²) in [6.07, 6.45) is 0.382. The fraction of sp³-hybridized carbons (Fsp3) is 0.368. The molecule has 3 atom stereocenters. The van der Waals surface area contributed by atoms with Crippen molar-refractivity contribution in [3.05, 3.63) is 55.8 Å². The minimum atomic E-state index is -0.490. The smallest absolute Gasteiger partial charge is 0.159 e. The van der Waals surface area contributed by atoms with Gasteiger partial charge < -0.3 is 14.9 Å². The van der Waals surface area contributed by atoms with E-state index in [4.69, 9.17) is 27.9 Å². The molecule has 3 aromatic rings. The summed E-state index contributed by atoms with van der Waals surface area (Å²) < 4.78 is 5.91. The number of rotatable bonds is 5. The summed E-state index contributed by atoms with van der Waals surface area (Å²) in [6, 6.07) is 7.57. The van der Waals surface area contributed by atoms with Crippen molar-refractivity contribution in [2.45, 2.75) is 37.6 Å². The third-order valence-corrected chi connectivity index (χ3v) is 7.43. The van der Waals surface area contributed by atoms with E-state index in [0.717, 1.165) is 26.0 Å². The predicted molar refractivity (Wildman–Crippen MR) is 112 cm³/mol. The summed E-state index contributed by atoms with van der Waals surface area (Å²) in [4.78, 5) is 0.921. The lowest BCUT2D eigenvalue weighted by molar-refractivity contribution is -0.113. The fourth-order valence-corrected chi connectivity index (χ4v) is 5.63. The number of hydrogen-bond donors (Lipinski definition) is 2. The van der Waals surface area contributed by atoms with E-state index in [1.165, 1.54) is 22.7 Å². The largest absolute Gasteiger partial charge is 0.394 e. The van der Waals surface area contributed by atoms with Gasteiger partial charge in [-0.15, -0.1) is 21.5 Å². The van der Waals surface area contributed by atoms with Crippen LogP contribution in [0.3, 0.4) is 0 Å². The van der Waals surface area contributed by atoms with Crippen LogP contribution >= 0.6 is 45.9 Å². The van der Waals surface area contributed by atoms with Crippen molar-refractivity contribution in [1.29, 1.82) is 0 Å². The molecule has 0 aliphatic carbocycles. The molecule has 0 amide bonds. The highest BCUT2D eigenvalue weighted by Crippen LogP contribution is 2.37. The Kier molecular flexibility index (Phi) is 6.32. The van der Waals surface area contributed by atoms with Crippen molar-refractivity contribution < 1.29 is 14.9 Å². The lowest BCUT2D eigenvalue weighted by Crippen LogP contribution is -2.33. The number of thiophene rings is 1. The molecule has 2 aromatic heterocycles. The highest BCUT2D eigenvalue weighted by molar-refractivity contribution is 7.21. The minimum absolute atomic E-state index is 0.104. The number of aliphatic hydroxyl groups is 2. The molecule has 2 N–H and O–H groups in total. The van der Waals surface area contributed by atoms with Crippen molar-refractivity contribution in [2.24, 2.45) is 0 Å². The first-order valence-electron chi connectivity index (χ1n) is 8.82. The first-order chi connectivity index (χ1) is 13.5. The van der Waals surface area contributed by atoms with Crippen LogP contribution < -0.4 is 0 Å². The van der Waals surface area contributed by atoms with Gasteiger partial charge in [0.2, 0.25) is 0 Å². The Balaban J connectivity index is 1.55. The number of aromatic nitrogens is 2. The zero-order valence-corrected chi connectivity index (χ0v) is 17.9. The number of hydrogen-bond acceptors (Lipinski definition) is 7. The standard InChI is InChI=1S/C19H18Cl2N2O3S2/c20-14-2-1-10(16-8-12(25)7-13(9-24)26-16)5-11(14)6-17-22-23-19(28-17)18-15(21)3-4-27-18/h1-5,12-13,16,24-25H,6-9H2. The minimum Gasteiger partial charge on any atom is -0.394 e. The van der Waals surface area contributed by atoms with Gasteiger partial charge in [0.1, 0.15) is 5.01 Å². The summed E-state index contributed by atoms with van der Waals surface area (Å²) >= 11 is 15.6. The van der Waals surface area contributed by atoms with Crippen LogP contribution in [0, 0.1) is 0 Å². The van der Waals surface area contributed by atoms with Gasteiger partial charge in [-0.1, -0.05) is 46.7 Å². The molecule has 148 valence electrons. The summed E-state index contributed by atoms with van der Waals surface area (Å²) in [6.45, 7) is -0.104. The van der Waals surface area contributed by atoms with Crippen LogP contribution in [0.25, 0.3) is 9.88 Å². The topological polar surface area (TPSA) is 75.5 Å². The summed E-state index contributed by atoms with van der Waals surface area (Å²) in [5.74, 6) is 0. The monoisotopic (exact) mass is 456 g/mol. The van der Waals surface area contributed by atoms with Crippen molar-refractivity contribution in [3.63, 3.8) is 0 Å². The summed E-state index contributed by atoms with van der Waals surface area (Å²) in [7, 11) is 0. The first kappa shape index (κ1) is 20.2. The molecule has 1 fully saturated rings. The van der Waals surface area contributed by atoms with Gasteiger partial charge in [0.15, 0.2) is 5.01 Å². The molecule has 4 rings (SSSR count). The number of benzene rings is 1. The lowest BCUT2D eigenvalue weighted by atomic mass is 9.95. The van der Waals surface area contributed by atoms with Gasteiger partial charge >= 0.3 is 0 Å². The van der Waals surface area contributed by atoms with Gasteiger partial charge in [-0.25, -0.2) is 0 Å². The average Bonchev–Trinajstić information content (AvgIpc) is 3.31. The second-order valence-corrected chi connectivity index (χ2v) is 9.47. The van der Waals surface area contributed by atoms with Crippen LogP contribution in [0.2, 0.25) is 10.0 Å². The van der Waals surface area contributed by atoms with Gasteiger partial charge in [-0.2, -0.15) is 0 Å². The number of nitrogens with zero attached hydrogens (tertiary/aromatic N) is 2. The van der Waals surface area contributed by atoms with Crippen molar-refractivity contribution >= 4 is 45.9 Å². The maximum absolute atomic E-state index is 10.1. The third kappa shape index (κ3) is 4.41. The van der Waals surface area contributed by atoms with Gasteiger partial charge in [-0.3, -0.25) is 0 Å². The van der Waals surface area contributed by atoms with E-state index in [1.807, 2.05) is 29.6 Å². The Morgan fingerprint density at radius 2 is 2.00 bits per heavy atom. The summed E-state index contributed by atoms with van der Waals surface area (Å²) in [5.41, 5.74) is 1.85. The zero-order chi connectivity index (χ0) is 19.7. The molecular formula is C19H18Cl2N2O3S2. The Morgan fingerprint density at radius 1 is 1.14 bits per heavy atom. The quantitative estimate of drug-likeness (QED) is 0.579. The maximum atomic E-state index is 10.1. The highest BCUT2D eigenvalue weighted by Gasteiger charge is 2.29. The second-order valence-electron chi connectivity index (χ2n) is 6.68. The van der Waals surface area contributed by atoms with E-state index in [-0.39, 0.29) is 18.8 Å². The van der Waals surface area contributed by atoms with Crippen molar-refractivity contribution in [2.75, 3.05) is 6.61 Å². The van der Waals surface area contributed by atoms with E-state index < -0.39 is 6.10 Å². The van der Waals surface area contributed by atoms with Crippen LogP contribution in [0.4, 0.5) is 0 Å². The average molecular weight is 457 g/mol. The second kappa shape index (κ2) is 8.75. The molecule has 0 saturated carbocycles. The zero-order valence-electron chi connectivity index (χ0n) is 14.7. The van der Waals surface area contributed by atoms with Gasteiger partial charge in [0.05, 0.1) is 34.8 Å². The SMILES string of the molecule is OCC1CC(O)CC(c2ccc(Cl)c(Cc3nnc(-c4sccc4Cl)s3)c2)O1. The molecule has 1 aromatic carbocycles. The van der Waals surface area contributed by atoms with Crippen LogP contribution in [-0.2, 0) is 11.2 Å². The Hall–Kier alpha value is -1.06. The van der Waals surface area contributed by atoms with E-state index in [9.17, 15) is 10.2 Å². The molecule has 0 radical (unpaired) electrons. The molecule has 1 saturated heterocycles. The highest BCUT2D eigenvalue weighted by atomic mass is 35.5. The van der Waals surface area contributed by atoms with Gasteiger partial charge in [0, 0.05) is 24.3 Å². The van der Waals surface area contributed by atoms with Crippen LogP contribution in [0.15, 0.2) is 29.6 Å². The number of halogens is 2. The van der Waals surface area contributed by atoms with E-state index in [0.29, 0.717) is 29.3 Å². The number of aliphatic hydroxyl groups excluding tert-OH is 2. The first-order valence-corrected chi connectivity index (χ1v) is 11.3. The van der Waals surface area contributed by atoms with Gasteiger partial charge in [0.25, 0.3) is 0 Å². The van der Waals surface area contributed by atoms with E-state index in [1.54, 1.807) is 0 Å². The molecule has 3 heterocycles. The molecule has 0 bridgehead atoms. The van der Waals surface area contributed by atoms with Crippen molar-refractivity contribution in [1.82, 2.24) is 10.2 Å². The van der Waals surface area contributed by atoms with E-state index in [2.05, 4.69) is 10.2 Å². The fourth-order valence-electron chi connectivity index (χ4n) is 3.28.